The van der Waals surface area contributed by atoms with Crippen molar-refractivity contribution in [3.63, 3.8) is 0 Å². The molecule has 27 heavy (non-hydrogen) atoms. The van der Waals surface area contributed by atoms with E-state index in [1.165, 1.54) is 0 Å². The lowest BCUT2D eigenvalue weighted by atomic mass is 9.96. The van der Waals surface area contributed by atoms with Gasteiger partial charge in [0.1, 0.15) is 13.2 Å². The Hall–Kier alpha value is -1.54. The summed E-state index contributed by atoms with van der Waals surface area (Å²) in [6, 6.07) is 3.57. The first-order chi connectivity index (χ1) is 13.2. The molecule has 2 saturated heterocycles. The minimum atomic E-state index is -0.161. The van der Waals surface area contributed by atoms with Crippen LogP contribution in [0.1, 0.15) is 16.8 Å². The fourth-order valence-electron chi connectivity index (χ4n) is 3.90. The van der Waals surface area contributed by atoms with Gasteiger partial charge in [0.15, 0.2) is 11.5 Å². The van der Waals surface area contributed by atoms with E-state index in [-0.39, 0.29) is 11.9 Å². The van der Waals surface area contributed by atoms with Crippen LogP contribution in [0.25, 0.3) is 0 Å². The molecule has 3 aliphatic rings. The second kappa shape index (κ2) is 8.65. The van der Waals surface area contributed by atoms with Crippen molar-refractivity contribution < 1.29 is 23.7 Å². The summed E-state index contributed by atoms with van der Waals surface area (Å²) in [7, 11) is 0. The number of carbonyl (C=O) groups excluding carboxylic acids is 1. The van der Waals surface area contributed by atoms with Crippen LogP contribution in [0.15, 0.2) is 12.1 Å². The number of hydrogen-bond acceptors (Lipinski definition) is 6. The largest absolute Gasteiger partial charge is 0.486 e. The molecule has 7 nitrogen and oxygen atoms in total. The standard InChI is InChI=1S/C19H25ClN2O5/c20-15-9-14(10-17-18(15)27-8-7-26-17)19(23)21-11-16(13-1-4-25-12-13)22-2-5-24-6-3-22/h9-10,13,16H,1-8,11-12H2,(H,21,23). The zero-order valence-corrected chi connectivity index (χ0v) is 16.0. The van der Waals surface area contributed by atoms with E-state index in [0.29, 0.717) is 47.8 Å². The van der Waals surface area contributed by atoms with Gasteiger partial charge in [0, 0.05) is 43.8 Å². The Morgan fingerprint density at radius 2 is 1.96 bits per heavy atom. The number of hydrogen-bond donors (Lipinski definition) is 1. The normalized spacial score (nSPS) is 23.8. The number of benzene rings is 1. The number of halogens is 1. The van der Waals surface area contributed by atoms with E-state index in [4.69, 9.17) is 30.5 Å². The summed E-state index contributed by atoms with van der Waals surface area (Å²) in [6.45, 7) is 6.24. The van der Waals surface area contributed by atoms with Gasteiger partial charge >= 0.3 is 0 Å². The van der Waals surface area contributed by atoms with Crippen molar-refractivity contribution in [1.82, 2.24) is 10.2 Å². The predicted octanol–water partition coefficient (Wildman–Crippen LogP) is 1.58. The Labute approximate surface area is 163 Å². The number of amides is 1. The van der Waals surface area contributed by atoms with E-state index >= 15 is 0 Å². The minimum Gasteiger partial charge on any atom is -0.486 e. The molecular weight excluding hydrogens is 372 g/mol. The molecule has 0 spiro atoms. The van der Waals surface area contributed by atoms with Crippen LogP contribution in [0.2, 0.25) is 5.02 Å². The van der Waals surface area contributed by atoms with Crippen molar-refractivity contribution in [1.29, 1.82) is 0 Å². The summed E-state index contributed by atoms with van der Waals surface area (Å²) in [5.74, 6) is 1.29. The summed E-state index contributed by atoms with van der Waals surface area (Å²) in [5, 5.41) is 3.47. The first-order valence-corrected chi connectivity index (χ1v) is 9.87. The number of fused-ring (bicyclic) bond motifs is 1. The van der Waals surface area contributed by atoms with E-state index in [9.17, 15) is 4.79 Å². The van der Waals surface area contributed by atoms with Crippen LogP contribution in [0.4, 0.5) is 0 Å². The van der Waals surface area contributed by atoms with Gasteiger partial charge in [-0.05, 0) is 18.6 Å². The number of morpholine rings is 1. The van der Waals surface area contributed by atoms with Crippen LogP contribution >= 0.6 is 11.6 Å². The molecule has 0 saturated carbocycles. The van der Waals surface area contributed by atoms with Crippen LogP contribution in [0.5, 0.6) is 11.5 Å². The smallest absolute Gasteiger partial charge is 0.251 e. The molecule has 148 valence electrons. The van der Waals surface area contributed by atoms with Crippen LogP contribution in [0, 0.1) is 5.92 Å². The molecular formula is C19H25ClN2O5. The second-order valence-electron chi connectivity index (χ2n) is 7.03. The Morgan fingerprint density at radius 1 is 1.15 bits per heavy atom. The van der Waals surface area contributed by atoms with Gasteiger partial charge in [-0.1, -0.05) is 11.6 Å². The monoisotopic (exact) mass is 396 g/mol. The lowest BCUT2D eigenvalue weighted by Gasteiger charge is -2.37. The first kappa shape index (κ1) is 18.8. The Balaban J connectivity index is 1.43. The molecule has 0 aromatic heterocycles. The van der Waals surface area contributed by atoms with Crippen molar-refractivity contribution in [3.05, 3.63) is 22.7 Å². The number of ether oxygens (including phenoxy) is 4. The van der Waals surface area contributed by atoms with Gasteiger partial charge in [0.05, 0.1) is 24.8 Å². The molecule has 2 fully saturated rings. The topological polar surface area (TPSA) is 69.3 Å². The molecule has 1 aromatic rings. The molecule has 8 heteroatoms. The molecule has 0 radical (unpaired) electrons. The zero-order valence-electron chi connectivity index (χ0n) is 15.2. The highest BCUT2D eigenvalue weighted by atomic mass is 35.5. The third-order valence-corrected chi connectivity index (χ3v) is 5.64. The van der Waals surface area contributed by atoms with Crippen molar-refractivity contribution in [2.45, 2.75) is 12.5 Å². The molecule has 2 unspecified atom stereocenters. The SMILES string of the molecule is O=C(NCC(C1CCOC1)N1CCOCC1)c1cc(Cl)c2c(c1)OCCO2. The summed E-state index contributed by atoms with van der Waals surface area (Å²) < 4.78 is 22.1. The maximum absolute atomic E-state index is 12.7. The van der Waals surface area contributed by atoms with Gasteiger partial charge in [-0.25, -0.2) is 0 Å². The molecule has 1 N–H and O–H groups in total. The third kappa shape index (κ3) is 4.32. The predicted molar refractivity (Wildman–Crippen MR) is 99.9 cm³/mol. The van der Waals surface area contributed by atoms with Crippen LogP contribution in [0.3, 0.4) is 0 Å². The van der Waals surface area contributed by atoms with Gasteiger partial charge in [0.2, 0.25) is 0 Å². The van der Waals surface area contributed by atoms with E-state index in [0.717, 1.165) is 45.9 Å². The highest BCUT2D eigenvalue weighted by molar-refractivity contribution is 6.32. The average molecular weight is 397 g/mol. The maximum atomic E-state index is 12.7. The molecule has 3 aliphatic heterocycles. The van der Waals surface area contributed by atoms with E-state index in [1.807, 2.05) is 0 Å². The lowest BCUT2D eigenvalue weighted by Crippen LogP contribution is -2.52. The number of rotatable bonds is 5. The quantitative estimate of drug-likeness (QED) is 0.815. The van der Waals surface area contributed by atoms with Gasteiger partial charge in [-0.3, -0.25) is 9.69 Å². The number of carbonyl (C=O) groups is 1. The molecule has 2 atom stereocenters. The van der Waals surface area contributed by atoms with Crippen molar-refractivity contribution in [2.24, 2.45) is 5.92 Å². The van der Waals surface area contributed by atoms with Crippen LogP contribution in [-0.4, -0.2) is 76.1 Å². The van der Waals surface area contributed by atoms with Gasteiger partial charge in [-0.2, -0.15) is 0 Å². The van der Waals surface area contributed by atoms with Crippen LogP contribution < -0.4 is 14.8 Å². The number of nitrogens with one attached hydrogen (secondary N) is 1. The van der Waals surface area contributed by atoms with Crippen molar-refractivity contribution >= 4 is 17.5 Å². The summed E-state index contributed by atoms with van der Waals surface area (Å²) >= 11 is 6.26. The first-order valence-electron chi connectivity index (χ1n) is 9.49. The van der Waals surface area contributed by atoms with E-state index < -0.39 is 0 Å². The van der Waals surface area contributed by atoms with Crippen molar-refractivity contribution in [2.75, 3.05) is 59.3 Å². The highest BCUT2D eigenvalue weighted by Gasteiger charge is 2.32. The Bertz CT molecular complexity index is 674. The summed E-state index contributed by atoms with van der Waals surface area (Å²) in [4.78, 5) is 15.1. The fourth-order valence-corrected chi connectivity index (χ4v) is 4.17. The third-order valence-electron chi connectivity index (χ3n) is 5.35. The van der Waals surface area contributed by atoms with Gasteiger partial charge in [-0.15, -0.1) is 0 Å². The highest BCUT2D eigenvalue weighted by Crippen LogP contribution is 2.38. The fraction of sp³-hybridized carbons (Fsp3) is 0.632. The lowest BCUT2D eigenvalue weighted by molar-refractivity contribution is 0.00166. The van der Waals surface area contributed by atoms with E-state index in [2.05, 4.69) is 10.2 Å². The number of nitrogens with zero attached hydrogens (tertiary/aromatic N) is 1. The van der Waals surface area contributed by atoms with E-state index in [1.54, 1.807) is 12.1 Å². The zero-order chi connectivity index (χ0) is 18.6. The second-order valence-corrected chi connectivity index (χ2v) is 7.44. The summed E-state index contributed by atoms with van der Waals surface area (Å²) in [5.41, 5.74) is 0.479. The Kier molecular flexibility index (Phi) is 6.02. The molecule has 1 aromatic carbocycles. The molecule has 0 aliphatic carbocycles. The molecule has 3 heterocycles. The minimum absolute atomic E-state index is 0.161. The molecule has 0 bridgehead atoms. The maximum Gasteiger partial charge on any atom is 0.251 e. The molecule has 4 rings (SSSR count). The summed E-state index contributed by atoms with van der Waals surface area (Å²) in [6.07, 6.45) is 1.02. The average Bonchev–Trinajstić information content (AvgIpc) is 3.23. The van der Waals surface area contributed by atoms with Gasteiger partial charge < -0.3 is 24.3 Å². The molecule has 1 amide bonds. The van der Waals surface area contributed by atoms with Crippen LogP contribution in [-0.2, 0) is 9.47 Å². The Morgan fingerprint density at radius 3 is 2.74 bits per heavy atom. The van der Waals surface area contributed by atoms with Crippen molar-refractivity contribution in [3.8, 4) is 11.5 Å². The van der Waals surface area contributed by atoms with Gasteiger partial charge in [0.25, 0.3) is 5.91 Å².